The first-order valence-corrected chi connectivity index (χ1v) is 11.5. The van der Waals surface area contributed by atoms with Gasteiger partial charge in [-0.25, -0.2) is 0 Å². The van der Waals surface area contributed by atoms with Crippen LogP contribution in [-0.4, -0.2) is 55.3 Å². The molecule has 9 heteroatoms. The van der Waals surface area contributed by atoms with Gasteiger partial charge < -0.3 is 31.5 Å². The minimum absolute atomic E-state index is 0.134. The van der Waals surface area contributed by atoms with Crippen molar-refractivity contribution in [2.45, 2.75) is 57.2 Å². The lowest BCUT2D eigenvalue weighted by Crippen LogP contribution is -2.30. The summed E-state index contributed by atoms with van der Waals surface area (Å²) in [4.78, 5) is 15.3. The minimum atomic E-state index is -1.12. The molecule has 6 N–H and O–H groups in total. The highest BCUT2D eigenvalue weighted by molar-refractivity contribution is 6.30. The molecule has 1 fully saturated rings. The van der Waals surface area contributed by atoms with Crippen LogP contribution < -0.4 is 21.6 Å². The first kappa shape index (κ1) is 26.3. The Hall–Kier alpha value is -2.91. The average molecular weight is 460 g/mol. The summed E-state index contributed by atoms with van der Waals surface area (Å²) in [6.45, 7) is 4.26. The first-order chi connectivity index (χ1) is 16.0. The number of hydrogen-bond donors (Lipinski definition) is 4. The zero-order valence-corrected chi connectivity index (χ0v) is 19.4. The van der Waals surface area contributed by atoms with Crippen molar-refractivity contribution in [3.8, 4) is 5.75 Å². The predicted octanol–water partition coefficient (Wildman–Crippen LogP) is 1.99. The van der Waals surface area contributed by atoms with Gasteiger partial charge in [0.05, 0.1) is 31.7 Å². The quantitative estimate of drug-likeness (QED) is 0.110. The van der Waals surface area contributed by atoms with Crippen molar-refractivity contribution in [1.29, 1.82) is 0 Å². The van der Waals surface area contributed by atoms with Crippen molar-refractivity contribution in [1.82, 2.24) is 5.32 Å². The van der Waals surface area contributed by atoms with Crippen LogP contribution in [0.1, 0.15) is 51.0 Å². The number of nitrogens with one attached hydrogen (secondary N) is 1. The minimum Gasteiger partial charge on any atom is -0.490 e. The van der Waals surface area contributed by atoms with E-state index in [2.05, 4.69) is 15.4 Å². The van der Waals surface area contributed by atoms with Crippen LogP contribution in [0, 0.1) is 0 Å². The number of nitrogens with two attached hydrogens (primary N) is 2. The van der Waals surface area contributed by atoms with E-state index in [-0.39, 0.29) is 12.6 Å². The molecule has 1 aliphatic rings. The summed E-state index contributed by atoms with van der Waals surface area (Å²) in [6.07, 6.45) is 9.11. The van der Waals surface area contributed by atoms with Crippen molar-refractivity contribution in [3.05, 3.63) is 42.1 Å². The number of carbonyl (C=O) groups excluding carboxylic acids is 1. The van der Waals surface area contributed by atoms with Gasteiger partial charge in [0.25, 0.3) is 0 Å². The summed E-state index contributed by atoms with van der Waals surface area (Å²) in [5.41, 5.74) is 5.42. The highest BCUT2D eigenvalue weighted by Gasteiger charge is 2.28. The molecule has 0 unspecified atom stereocenters. The van der Waals surface area contributed by atoms with E-state index in [4.69, 9.17) is 21.1 Å². The number of ether oxygens (including phenoxy) is 2. The van der Waals surface area contributed by atoms with E-state index in [1.54, 1.807) is 6.20 Å². The molecule has 0 saturated carbocycles. The number of amides is 1. The zero-order valence-electron chi connectivity index (χ0n) is 19.4. The Morgan fingerprint density at radius 2 is 2.15 bits per heavy atom. The van der Waals surface area contributed by atoms with Gasteiger partial charge >= 0.3 is 0 Å². The second-order valence-electron chi connectivity index (χ2n) is 8.08. The summed E-state index contributed by atoms with van der Waals surface area (Å²) in [6, 6.07) is 7.61. The standard InChI is InChI=1S/C24H37N5O4/c1-2-24(31,19-6-5-8-22(16-19)33-21-10-14-32-15-11-21)18-28-20(17-29-26)7-3-4-12-27-13-9-23(25)30/h5-6,8-9,13,16-17,21,27,31H,2-4,7,10-12,14-15,18,26H2,1H3,(H2,25,30)/b13-9-,28-20?,29-17?/t24-/m1/s1. The van der Waals surface area contributed by atoms with Gasteiger partial charge in [0.15, 0.2) is 0 Å². The largest absolute Gasteiger partial charge is 0.490 e. The van der Waals surface area contributed by atoms with Gasteiger partial charge in [-0.05, 0) is 43.4 Å². The fourth-order valence-corrected chi connectivity index (χ4v) is 3.51. The number of hydrogen-bond acceptors (Lipinski definition) is 8. The van der Waals surface area contributed by atoms with Crippen molar-refractivity contribution < 1.29 is 19.4 Å². The molecule has 0 radical (unpaired) electrons. The Bertz CT molecular complexity index is 821. The first-order valence-electron chi connectivity index (χ1n) is 11.5. The molecule has 1 aromatic rings. The van der Waals surface area contributed by atoms with Gasteiger partial charge in [-0.2, -0.15) is 5.10 Å². The summed E-state index contributed by atoms with van der Waals surface area (Å²) in [5, 5.41) is 18.0. The van der Waals surface area contributed by atoms with Crippen LogP contribution >= 0.6 is 0 Å². The molecule has 0 spiro atoms. The number of aliphatic imine (C=N–C) groups is 1. The van der Waals surface area contributed by atoms with E-state index in [1.807, 2.05) is 31.2 Å². The van der Waals surface area contributed by atoms with Crippen LogP contribution in [0.3, 0.4) is 0 Å². The van der Waals surface area contributed by atoms with Crippen molar-refractivity contribution in [3.63, 3.8) is 0 Å². The van der Waals surface area contributed by atoms with E-state index >= 15 is 0 Å². The Morgan fingerprint density at radius 3 is 2.85 bits per heavy atom. The second-order valence-corrected chi connectivity index (χ2v) is 8.08. The van der Waals surface area contributed by atoms with E-state index in [9.17, 15) is 9.90 Å². The van der Waals surface area contributed by atoms with Crippen LogP contribution in [-0.2, 0) is 15.1 Å². The molecule has 182 valence electrons. The Labute approximate surface area is 195 Å². The van der Waals surface area contributed by atoms with Crippen molar-refractivity contribution in [2.24, 2.45) is 21.7 Å². The normalized spacial score (nSPS) is 17.3. The number of carbonyl (C=O) groups is 1. The van der Waals surface area contributed by atoms with E-state index < -0.39 is 11.5 Å². The fourth-order valence-electron chi connectivity index (χ4n) is 3.51. The maximum Gasteiger partial charge on any atom is 0.242 e. The van der Waals surface area contributed by atoms with Crippen LogP contribution in [0.2, 0.25) is 0 Å². The molecule has 1 heterocycles. The average Bonchev–Trinajstić information content (AvgIpc) is 2.82. The monoisotopic (exact) mass is 459 g/mol. The smallest absolute Gasteiger partial charge is 0.242 e. The molecule has 1 aromatic carbocycles. The third-order valence-electron chi connectivity index (χ3n) is 5.56. The molecule has 1 aliphatic heterocycles. The fraction of sp³-hybridized carbons (Fsp3) is 0.542. The lowest BCUT2D eigenvalue weighted by Gasteiger charge is -2.27. The maximum atomic E-state index is 11.3. The number of rotatable bonds is 14. The molecule has 9 nitrogen and oxygen atoms in total. The molecule has 0 aromatic heterocycles. The predicted molar refractivity (Wildman–Crippen MR) is 130 cm³/mol. The van der Waals surface area contributed by atoms with Crippen molar-refractivity contribution in [2.75, 3.05) is 26.3 Å². The maximum absolute atomic E-state index is 11.3. The lowest BCUT2D eigenvalue weighted by molar-refractivity contribution is -0.113. The molecule has 2 rings (SSSR count). The molecule has 1 saturated heterocycles. The second kappa shape index (κ2) is 14.3. The number of aliphatic hydroxyl groups is 1. The Kier molecular flexibility index (Phi) is 11.4. The third-order valence-corrected chi connectivity index (χ3v) is 5.56. The number of nitrogens with zero attached hydrogens (tertiary/aromatic N) is 2. The van der Waals surface area contributed by atoms with Gasteiger partial charge in [-0.1, -0.05) is 19.1 Å². The van der Waals surface area contributed by atoms with Gasteiger partial charge in [0.1, 0.15) is 17.5 Å². The highest BCUT2D eigenvalue weighted by atomic mass is 16.5. The Morgan fingerprint density at radius 1 is 1.36 bits per heavy atom. The topological polar surface area (TPSA) is 145 Å². The number of hydrazone groups is 1. The van der Waals surface area contributed by atoms with Crippen LogP contribution in [0.4, 0.5) is 0 Å². The molecule has 1 amide bonds. The van der Waals surface area contributed by atoms with E-state index in [0.29, 0.717) is 32.6 Å². The summed E-state index contributed by atoms with van der Waals surface area (Å²) < 4.78 is 11.5. The van der Waals surface area contributed by atoms with E-state index in [0.717, 1.165) is 42.7 Å². The van der Waals surface area contributed by atoms with Crippen LogP contribution in [0.15, 0.2) is 46.6 Å². The SMILES string of the molecule is CC[C@@](O)(CN=C(C=NN)CCCCN/C=C\C(N)=O)c1cccc(OC2CCOCC2)c1. The highest BCUT2D eigenvalue weighted by Crippen LogP contribution is 2.29. The number of primary amides is 1. The zero-order chi connectivity index (χ0) is 23.9. The van der Waals surface area contributed by atoms with Gasteiger partial charge in [-0.15, -0.1) is 0 Å². The Balaban J connectivity index is 1.95. The molecule has 0 bridgehead atoms. The number of benzene rings is 1. The molecule has 0 aliphatic carbocycles. The third kappa shape index (κ3) is 9.63. The summed E-state index contributed by atoms with van der Waals surface area (Å²) in [7, 11) is 0. The summed E-state index contributed by atoms with van der Waals surface area (Å²) >= 11 is 0. The lowest BCUT2D eigenvalue weighted by atomic mass is 9.91. The van der Waals surface area contributed by atoms with Gasteiger partial charge in [0, 0.05) is 31.7 Å². The molecule has 33 heavy (non-hydrogen) atoms. The molecular formula is C24H37N5O4. The van der Waals surface area contributed by atoms with Crippen LogP contribution in [0.25, 0.3) is 0 Å². The van der Waals surface area contributed by atoms with Crippen LogP contribution in [0.5, 0.6) is 5.75 Å². The van der Waals surface area contributed by atoms with Gasteiger partial charge in [-0.3, -0.25) is 9.79 Å². The molecule has 1 atom stereocenters. The van der Waals surface area contributed by atoms with E-state index in [1.165, 1.54) is 12.3 Å². The number of unbranched alkanes of at least 4 members (excludes halogenated alkanes) is 1. The molecular weight excluding hydrogens is 422 g/mol. The summed E-state index contributed by atoms with van der Waals surface area (Å²) in [5.74, 6) is 5.62. The van der Waals surface area contributed by atoms with Gasteiger partial charge in [0.2, 0.25) is 5.91 Å². The van der Waals surface area contributed by atoms with Crippen molar-refractivity contribution >= 4 is 17.8 Å².